The van der Waals surface area contributed by atoms with Gasteiger partial charge in [-0.1, -0.05) is 118 Å². The molecule has 1 amide bonds. The predicted octanol–water partition coefficient (Wildman–Crippen LogP) is 8.10. The topological polar surface area (TPSA) is 141 Å². The third kappa shape index (κ3) is 8.48. The van der Waals surface area contributed by atoms with Gasteiger partial charge in [-0.3, -0.25) is 10.2 Å². The highest BCUT2D eigenvalue weighted by atomic mass is 79.9. The number of hydrogen-bond acceptors (Lipinski definition) is 7. The summed E-state index contributed by atoms with van der Waals surface area (Å²) in [5, 5.41) is 13.1. The number of aliphatic imine (C=N–C) groups is 1. The van der Waals surface area contributed by atoms with Gasteiger partial charge in [0, 0.05) is 58.1 Å². The summed E-state index contributed by atoms with van der Waals surface area (Å²) in [6, 6.07) is 42.3. The van der Waals surface area contributed by atoms with E-state index in [1.54, 1.807) is 30.3 Å². The molecule has 51 heavy (non-hydrogen) atoms. The lowest BCUT2D eigenvalue weighted by molar-refractivity contribution is -0.130. The molecule has 0 spiro atoms. The van der Waals surface area contributed by atoms with E-state index in [0.29, 0.717) is 42.1 Å². The van der Waals surface area contributed by atoms with Crippen LogP contribution in [0.2, 0.25) is 0 Å². The smallest absolute Gasteiger partial charge is 0.266 e. The van der Waals surface area contributed by atoms with Crippen molar-refractivity contribution in [3.63, 3.8) is 0 Å². The van der Waals surface area contributed by atoms with E-state index in [-0.39, 0.29) is 24.8 Å². The molecular formula is C40H37BrN6O4. The van der Waals surface area contributed by atoms with Crippen LogP contribution in [-0.2, 0) is 16.0 Å². The van der Waals surface area contributed by atoms with E-state index >= 15 is 0 Å². The second-order valence-electron chi connectivity index (χ2n) is 12.0. The normalized spacial score (nSPS) is 16.5. The summed E-state index contributed by atoms with van der Waals surface area (Å²) in [6.45, 7) is 0.825. The number of amides is 1. The van der Waals surface area contributed by atoms with E-state index in [2.05, 4.69) is 61.1 Å². The highest BCUT2D eigenvalue weighted by molar-refractivity contribution is 9.10. The summed E-state index contributed by atoms with van der Waals surface area (Å²) in [4.78, 5) is 23.0. The Balaban J connectivity index is 1.39. The Morgan fingerprint density at radius 3 is 2.22 bits per heavy atom. The van der Waals surface area contributed by atoms with Crippen LogP contribution in [0.15, 0.2) is 148 Å². The number of nitrogens with zero attached hydrogens (tertiary/aromatic N) is 4. The van der Waals surface area contributed by atoms with Crippen LogP contribution in [0.25, 0.3) is 10.4 Å². The molecule has 0 saturated carbocycles. The maximum atomic E-state index is 14.8. The first kappa shape index (κ1) is 35.4. The van der Waals surface area contributed by atoms with Crippen molar-refractivity contribution in [3.05, 3.63) is 176 Å². The molecule has 0 aliphatic carbocycles. The van der Waals surface area contributed by atoms with Gasteiger partial charge in [0.05, 0.1) is 6.61 Å². The van der Waals surface area contributed by atoms with Crippen LogP contribution in [0.4, 0.5) is 5.69 Å². The third-order valence-electron chi connectivity index (χ3n) is 8.70. The minimum atomic E-state index is -1.53. The lowest BCUT2D eigenvalue weighted by atomic mass is 9.81. The van der Waals surface area contributed by atoms with Crippen LogP contribution >= 0.6 is 15.9 Å². The molecule has 1 aliphatic heterocycles. The van der Waals surface area contributed by atoms with Crippen molar-refractivity contribution in [2.45, 2.75) is 30.4 Å². The van der Waals surface area contributed by atoms with Crippen LogP contribution in [0, 0.1) is 0 Å². The van der Waals surface area contributed by atoms with Crippen molar-refractivity contribution >= 4 is 33.4 Å². The van der Waals surface area contributed by atoms with Gasteiger partial charge in [-0.25, -0.2) is 10.4 Å². The molecule has 3 N–H and O–H groups in total. The lowest BCUT2D eigenvalue weighted by Crippen LogP contribution is -2.54. The van der Waals surface area contributed by atoms with Gasteiger partial charge < -0.3 is 14.6 Å². The molecule has 10 nitrogen and oxygen atoms in total. The molecular weight excluding hydrogens is 708 g/mol. The minimum absolute atomic E-state index is 0.0397. The zero-order chi connectivity index (χ0) is 35.5. The number of nitrogens with one attached hydrogen (secondary N) is 2. The van der Waals surface area contributed by atoms with Gasteiger partial charge in [0.25, 0.3) is 5.91 Å². The van der Waals surface area contributed by atoms with Crippen LogP contribution in [0.1, 0.15) is 46.3 Å². The molecule has 0 radical (unpaired) electrons. The summed E-state index contributed by atoms with van der Waals surface area (Å²) in [5.41, 5.74) is 18.7. The van der Waals surface area contributed by atoms with Gasteiger partial charge in [0.1, 0.15) is 5.75 Å². The van der Waals surface area contributed by atoms with Gasteiger partial charge in [0.15, 0.2) is 11.6 Å². The molecule has 2 atom stereocenters. The number of ether oxygens (including phenoxy) is 2. The van der Waals surface area contributed by atoms with Crippen molar-refractivity contribution in [2.75, 3.05) is 19.8 Å². The van der Waals surface area contributed by atoms with Gasteiger partial charge in [0.2, 0.25) is 5.90 Å². The van der Waals surface area contributed by atoms with Crippen LogP contribution in [0.5, 0.6) is 5.75 Å². The molecule has 1 aliphatic rings. The molecule has 11 heteroatoms. The van der Waals surface area contributed by atoms with E-state index in [9.17, 15) is 10.3 Å². The Morgan fingerprint density at radius 1 is 0.922 bits per heavy atom. The first-order valence-corrected chi connectivity index (χ1v) is 17.4. The Labute approximate surface area is 304 Å². The number of rotatable bonds is 15. The number of hydrogen-bond donors (Lipinski definition) is 3. The SMILES string of the molecule is [N-]=[N+]=Nc1ccccc1[C@@H]1OC(c2ccc(OCCCO)cc2)=N[C@]1(Cc1ccc(Br)cc1)C(=O)NNCC(c1ccccc1)c1ccccc1. The first-order chi connectivity index (χ1) is 25.0. The number of halogens is 1. The molecule has 0 unspecified atom stereocenters. The summed E-state index contributed by atoms with van der Waals surface area (Å²) in [5.74, 6) is 0.431. The average Bonchev–Trinajstić information content (AvgIpc) is 3.56. The zero-order valence-corrected chi connectivity index (χ0v) is 29.3. The molecule has 0 aromatic heterocycles. The number of carbonyl (C=O) groups is 1. The van der Waals surface area contributed by atoms with Crippen molar-refractivity contribution in [1.29, 1.82) is 0 Å². The minimum Gasteiger partial charge on any atom is -0.494 e. The van der Waals surface area contributed by atoms with Crippen LogP contribution < -0.4 is 15.6 Å². The van der Waals surface area contributed by atoms with Gasteiger partial charge in [-0.2, -0.15) is 0 Å². The predicted molar refractivity (Wildman–Crippen MR) is 201 cm³/mol. The van der Waals surface area contributed by atoms with Crippen LogP contribution in [0.3, 0.4) is 0 Å². The molecule has 0 bridgehead atoms. The maximum Gasteiger partial charge on any atom is 0.266 e. The van der Waals surface area contributed by atoms with Crippen molar-refractivity contribution in [2.24, 2.45) is 10.1 Å². The van der Waals surface area contributed by atoms with E-state index in [0.717, 1.165) is 21.2 Å². The van der Waals surface area contributed by atoms with Crippen LogP contribution in [-0.4, -0.2) is 42.2 Å². The Morgan fingerprint density at radius 2 is 1.57 bits per heavy atom. The quantitative estimate of drug-likeness (QED) is 0.0327. The molecule has 0 fully saturated rings. The highest BCUT2D eigenvalue weighted by Gasteiger charge is 2.54. The summed E-state index contributed by atoms with van der Waals surface area (Å²) >= 11 is 3.52. The first-order valence-electron chi connectivity index (χ1n) is 16.6. The largest absolute Gasteiger partial charge is 0.494 e. The number of aliphatic hydroxyl groups is 1. The highest BCUT2D eigenvalue weighted by Crippen LogP contribution is 2.45. The number of carbonyl (C=O) groups excluding carboxylic acids is 1. The maximum absolute atomic E-state index is 14.8. The van der Waals surface area contributed by atoms with E-state index in [1.165, 1.54) is 0 Å². The third-order valence-corrected chi connectivity index (χ3v) is 9.23. The Hall–Kier alpha value is -5.45. The fourth-order valence-corrected chi connectivity index (χ4v) is 6.43. The molecule has 0 saturated heterocycles. The lowest BCUT2D eigenvalue weighted by Gasteiger charge is -2.32. The number of hydrazine groups is 1. The number of aliphatic hydroxyl groups excluding tert-OH is 1. The van der Waals surface area contributed by atoms with E-state index in [1.807, 2.05) is 78.9 Å². The molecule has 5 aromatic carbocycles. The van der Waals surface area contributed by atoms with Gasteiger partial charge in [-0.05, 0) is 58.6 Å². The fourth-order valence-electron chi connectivity index (χ4n) is 6.16. The molecule has 5 aromatic rings. The fraction of sp³-hybridized carbons (Fsp3) is 0.200. The summed E-state index contributed by atoms with van der Waals surface area (Å²) < 4.78 is 13.3. The van der Waals surface area contributed by atoms with Gasteiger partial charge in [-0.15, -0.1) is 0 Å². The Bertz CT molecular complexity index is 1950. The van der Waals surface area contributed by atoms with E-state index < -0.39 is 17.6 Å². The molecule has 258 valence electrons. The van der Waals surface area contributed by atoms with Crippen molar-refractivity contribution < 1.29 is 19.4 Å². The average molecular weight is 746 g/mol. The monoisotopic (exact) mass is 744 g/mol. The van der Waals surface area contributed by atoms with Crippen molar-refractivity contribution in [1.82, 2.24) is 10.9 Å². The second-order valence-corrected chi connectivity index (χ2v) is 13.0. The zero-order valence-electron chi connectivity index (χ0n) is 27.7. The molecule has 6 rings (SSSR count). The van der Waals surface area contributed by atoms with Gasteiger partial charge >= 0.3 is 0 Å². The standard InChI is InChI=1S/C40H37BrN6O4/c41-32-20-16-28(17-21-32)26-40(39(49)46-43-27-35(29-10-3-1-4-11-29)30-12-5-2-6-13-30)37(34-14-7-8-15-36(34)45-47-42)51-38(44-40)31-18-22-33(23-19-31)50-25-9-24-48/h1-8,10-23,35,37,43,48H,9,24-27H2,(H,46,49)/t37-,40-/m0/s1. The molecule has 1 heterocycles. The number of benzene rings is 5. The van der Waals surface area contributed by atoms with Crippen molar-refractivity contribution in [3.8, 4) is 5.75 Å². The Kier molecular flexibility index (Phi) is 11.8. The second kappa shape index (κ2) is 17.0. The number of azide groups is 1. The summed E-state index contributed by atoms with van der Waals surface area (Å²) in [6.07, 6.45) is -0.266. The summed E-state index contributed by atoms with van der Waals surface area (Å²) in [7, 11) is 0. The van der Waals surface area contributed by atoms with E-state index in [4.69, 9.17) is 19.6 Å².